The molecule has 0 radical (unpaired) electrons. The van der Waals surface area contributed by atoms with Crippen molar-refractivity contribution in [2.75, 3.05) is 16.2 Å². The van der Waals surface area contributed by atoms with Crippen molar-refractivity contribution in [3.63, 3.8) is 0 Å². The van der Waals surface area contributed by atoms with Crippen LogP contribution in [-0.2, 0) is 22.2 Å². The predicted octanol–water partition coefficient (Wildman–Crippen LogP) is 3.63. The van der Waals surface area contributed by atoms with E-state index >= 15 is 0 Å². The number of alkyl halides is 3. The Kier molecular flexibility index (Phi) is 6.72. The normalized spacial score (nSPS) is 16.8. The molecule has 13 heteroatoms. The van der Waals surface area contributed by atoms with Gasteiger partial charge in [0.15, 0.2) is 0 Å². The Labute approximate surface area is 199 Å². The lowest BCUT2D eigenvalue weighted by Gasteiger charge is -2.28. The summed E-state index contributed by atoms with van der Waals surface area (Å²) in [6, 6.07) is 9.68. The first-order valence-electron chi connectivity index (χ1n) is 10.3. The van der Waals surface area contributed by atoms with Gasteiger partial charge in [0.25, 0.3) is 0 Å². The number of rotatable bonds is 6. The van der Waals surface area contributed by atoms with Crippen molar-refractivity contribution in [2.24, 2.45) is 5.73 Å². The molecule has 1 aromatic heterocycles. The second-order valence-corrected chi connectivity index (χ2v) is 8.44. The van der Waals surface area contributed by atoms with Gasteiger partial charge in [0.05, 0.1) is 11.3 Å². The Balaban J connectivity index is 2.05. The number of halogens is 4. The summed E-state index contributed by atoms with van der Waals surface area (Å²) in [6.45, 7) is 0.209. The number of carbonyl (C=O) groups excluding carboxylic acids is 1. The van der Waals surface area contributed by atoms with Crippen molar-refractivity contribution in [1.82, 2.24) is 9.97 Å². The van der Waals surface area contributed by atoms with Crippen LogP contribution in [-0.4, -0.2) is 37.2 Å². The number of hydrogen-bond donors (Lipinski definition) is 2. The third kappa shape index (κ3) is 5.25. The SMILES string of the molecule is NC(=O)C1CCCN1c1nc(C(F)(F)F)nc(-c2ccc(F)cc2)c1-c1cccc(NS(=O)[O-])c1. The summed E-state index contributed by atoms with van der Waals surface area (Å²) >= 11 is -2.65. The zero-order chi connectivity index (χ0) is 25.3. The van der Waals surface area contributed by atoms with Crippen LogP contribution in [0.2, 0.25) is 0 Å². The molecule has 1 saturated heterocycles. The third-order valence-corrected chi connectivity index (χ3v) is 5.87. The molecule has 0 bridgehead atoms. The maximum Gasteiger partial charge on any atom is 0.451 e. The molecule has 2 atom stereocenters. The molecule has 4 rings (SSSR count). The van der Waals surface area contributed by atoms with Gasteiger partial charge in [0.2, 0.25) is 11.7 Å². The van der Waals surface area contributed by atoms with Gasteiger partial charge in [-0.1, -0.05) is 12.1 Å². The number of amides is 1. The minimum absolute atomic E-state index is 0.109. The molecule has 0 saturated carbocycles. The predicted molar refractivity (Wildman–Crippen MR) is 120 cm³/mol. The number of aromatic nitrogens is 2. The molecule has 3 N–H and O–H groups in total. The lowest BCUT2D eigenvalue weighted by atomic mass is 9.98. The first-order chi connectivity index (χ1) is 16.5. The van der Waals surface area contributed by atoms with Crippen molar-refractivity contribution in [1.29, 1.82) is 0 Å². The fourth-order valence-corrected chi connectivity index (χ4v) is 4.34. The van der Waals surface area contributed by atoms with Gasteiger partial charge >= 0.3 is 6.18 Å². The highest BCUT2D eigenvalue weighted by molar-refractivity contribution is 7.80. The van der Waals surface area contributed by atoms with Gasteiger partial charge in [-0.2, -0.15) is 13.2 Å². The van der Waals surface area contributed by atoms with Crippen LogP contribution in [0, 0.1) is 5.82 Å². The number of nitrogens with one attached hydrogen (secondary N) is 1. The summed E-state index contributed by atoms with van der Waals surface area (Å²) in [5, 5.41) is 0. The van der Waals surface area contributed by atoms with Gasteiger partial charge in [0.1, 0.15) is 17.7 Å². The van der Waals surface area contributed by atoms with Gasteiger partial charge in [-0.3, -0.25) is 9.00 Å². The summed E-state index contributed by atoms with van der Waals surface area (Å²) in [5.41, 5.74) is 6.04. The van der Waals surface area contributed by atoms with E-state index in [0.29, 0.717) is 12.8 Å². The zero-order valence-corrected chi connectivity index (χ0v) is 18.7. The van der Waals surface area contributed by atoms with Crippen molar-refractivity contribution in [2.45, 2.75) is 25.1 Å². The number of primary amides is 1. The summed E-state index contributed by atoms with van der Waals surface area (Å²) in [4.78, 5) is 21.0. The first kappa shape index (κ1) is 24.5. The van der Waals surface area contributed by atoms with E-state index in [-0.39, 0.29) is 40.4 Å². The molecule has 2 aromatic carbocycles. The molecule has 2 unspecified atom stereocenters. The monoisotopic (exact) mass is 508 g/mol. The maximum atomic E-state index is 13.8. The molecule has 1 fully saturated rings. The number of benzene rings is 2. The van der Waals surface area contributed by atoms with Gasteiger partial charge in [-0.15, -0.1) is 0 Å². The molecule has 1 amide bonds. The van der Waals surface area contributed by atoms with Crippen molar-refractivity contribution >= 4 is 28.7 Å². The number of carbonyl (C=O) groups is 1. The molecule has 1 aliphatic rings. The van der Waals surface area contributed by atoms with Crippen molar-refractivity contribution in [3.05, 3.63) is 60.2 Å². The average Bonchev–Trinajstić information content (AvgIpc) is 3.28. The lowest BCUT2D eigenvalue weighted by Crippen LogP contribution is -2.41. The van der Waals surface area contributed by atoms with Gasteiger partial charge < -0.3 is 19.9 Å². The lowest BCUT2D eigenvalue weighted by molar-refractivity contribution is -0.144. The standard InChI is InChI=1S/C22H19F4N5O3S/c23-14-8-6-12(7-9-14)18-17(13-3-1-4-15(11-13)30-35(33)34)20(29-21(28-18)22(24,25)26)31-10-2-5-16(31)19(27)32/h1,3-4,6-9,11,16,30H,2,5,10H2,(H2,27,32)(H,33,34)/p-1. The third-order valence-electron chi connectivity index (χ3n) is 5.47. The zero-order valence-electron chi connectivity index (χ0n) is 17.9. The summed E-state index contributed by atoms with van der Waals surface area (Å²) in [5.74, 6) is -2.95. The molecule has 0 aliphatic carbocycles. The van der Waals surface area contributed by atoms with E-state index < -0.39 is 41.0 Å². The molecular weight excluding hydrogens is 490 g/mol. The quantitative estimate of drug-likeness (QED) is 0.387. The molecule has 3 aromatic rings. The number of nitrogens with two attached hydrogens (primary N) is 1. The summed E-state index contributed by atoms with van der Waals surface area (Å²) < 4.78 is 79.6. The Bertz CT molecular complexity index is 1290. The van der Waals surface area contributed by atoms with Crippen LogP contribution in [0.5, 0.6) is 0 Å². The summed E-state index contributed by atoms with van der Waals surface area (Å²) in [7, 11) is 0. The smallest absolute Gasteiger partial charge is 0.451 e. The van der Waals surface area contributed by atoms with E-state index in [2.05, 4.69) is 14.7 Å². The van der Waals surface area contributed by atoms with Crippen LogP contribution in [0.4, 0.5) is 29.1 Å². The van der Waals surface area contributed by atoms with E-state index in [9.17, 15) is 31.1 Å². The molecule has 184 valence electrons. The van der Waals surface area contributed by atoms with Gasteiger partial charge in [-0.25, -0.2) is 14.4 Å². The fraction of sp³-hybridized carbons (Fsp3) is 0.227. The molecule has 8 nitrogen and oxygen atoms in total. The minimum atomic E-state index is -4.92. The van der Waals surface area contributed by atoms with Crippen LogP contribution in [0.25, 0.3) is 22.4 Å². The highest BCUT2D eigenvalue weighted by Gasteiger charge is 2.39. The number of anilines is 2. The van der Waals surface area contributed by atoms with Crippen LogP contribution >= 0.6 is 0 Å². The maximum absolute atomic E-state index is 13.8. The van der Waals surface area contributed by atoms with Crippen LogP contribution in [0.1, 0.15) is 18.7 Å². The minimum Gasteiger partial charge on any atom is -0.755 e. The van der Waals surface area contributed by atoms with Crippen LogP contribution in [0.15, 0.2) is 48.5 Å². The molecule has 0 spiro atoms. The van der Waals surface area contributed by atoms with E-state index in [4.69, 9.17) is 5.73 Å². The Morgan fingerprint density at radius 1 is 1.14 bits per heavy atom. The fourth-order valence-electron chi connectivity index (χ4n) is 4.02. The highest BCUT2D eigenvalue weighted by atomic mass is 32.2. The van der Waals surface area contributed by atoms with Crippen molar-refractivity contribution in [3.8, 4) is 22.4 Å². The number of nitrogens with zero attached hydrogens (tertiary/aromatic N) is 3. The Morgan fingerprint density at radius 2 is 1.86 bits per heavy atom. The Hall–Kier alpha value is -3.58. The van der Waals surface area contributed by atoms with Crippen molar-refractivity contribution < 1.29 is 31.1 Å². The van der Waals surface area contributed by atoms with Gasteiger partial charge in [0, 0.05) is 29.1 Å². The van der Waals surface area contributed by atoms with E-state index in [1.54, 1.807) is 0 Å². The second kappa shape index (κ2) is 9.58. The molecular formula is C22H18F4N5O3S-. The van der Waals surface area contributed by atoms with Crippen LogP contribution in [0.3, 0.4) is 0 Å². The highest BCUT2D eigenvalue weighted by Crippen LogP contribution is 2.42. The molecule has 2 heterocycles. The van der Waals surface area contributed by atoms with E-state index in [1.807, 2.05) is 0 Å². The average molecular weight is 508 g/mol. The van der Waals surface area contributed by atoms with Crippen LogP contribution < -0.4 is 15.4 Å². The van der Waals surface area contributed by atoms with E-state index in [1.165, 1.54) is 41.3 Å². The summed E-state index contributed by atoms with van der Waals surface area (Å²) in [6.07, 6.45) is -4.11. The second-order valence-electron chi connectivity index (χ2n) is 7.77. The number of hydrogen-bond acceptors (Lipinski definition) is 6. The van der Waals surface area contributed by atoms with E-state index in [0.717, 1.165) is 12.1 Å². The first-order valence-corrected chi connectivity index (χ1v) is 11.4. The molecule has 35 heavy (non-hydrogen) atoms. The topological polar surface area (TPSA) is 124 Å². The van der Waals surface area contributed by atoms with Gasteiger partial charge in [-0.05, 0) is 54.8 Å². The molecule has 1 aliphatic heterocycles. The largest absolute Gasteiger partial charge is 0.755 e. The Morgan fingerprint density at radius 3 is 2.49 bits per heavy atom.